The van der Waals surface area contributed by atoms with Crippen molar-refractivity contribution in [2.75, 3.05) is 10.6 Å². The fourth-order valence-corrected chi connectivity index (χ4v) is 3.32. The van der Waals surface area contributed by atoms with Gasteiger partial charge < -0.3 is 15.7 Å². The standard InChI is InChI=1S/C15H18N2O3/c1-9-3-2-6-15(8-9)14(20)16-11-5-4-10(13(18)19)7-12(11)17-15/h4-5,7,9,17H,2-3,6,8H2,1H3,(H,16,20)(H,18,19). The lowest BCUT2D eigenvalue weighted by molar-refractivity contribution is -0.122. The topological polar surface area (TPSA) is 78.4 Å². The van der Waals surface area contributed by atoms with Crippen LogP contribution in [0, 0.1) is 5.92 Å². The molecule has 1 saturated carbocycles. The third kappa shape index (κ3) is 2.03. The summed E-state index contributed by atoms with van der Waals surface area (Å²) in [6, 6.07) is 4.74. The molecule has 5 nitrogen and oxygen atoms in total. The van der Waals surface area contributed by atoms with E-state index in [9.17, 15) is 9.59 Å². The first kappa shape index (κ1) is 13.0. The van der Waals surface area contributed by atoms with Gasteiger partial charge in [0, 0.05) is 0 Å². The molecule has 1 amide bonds. The molecule has 1 aromatic rings. The Hall–Kier alpha value is -2.04. The molecule has 1 aromatic carbocycles. The fourth-order valence-electron chi connectivity index (χ4n) is 3.32. The second-order valence-corrected chi connectivity index (χ2v) is 5.93. The second-order valence-electron chi connectivity index (χ2n) is 5.93. The molecule has 0 bridgehead atoms. The molecule has 20 heavy (non-hydrogen) atoms. The van der Waals surface area contributed by atoms with Crippen LogP contribution in [0.1, 0.15) is 43.0 Å². The zero-order chi connectivity index (χ0) is 14.3. The fraction of sp³-hybridized carbons (Fsp3) is 0.467. The van der Waals surface area contributed by atoms with E-state index in [2.05, 4.69) is 17.6 Å². The molecule has 1 spiro atoms. The van der Waals surface area contributed by atoms with E-state index in [-0.39, 0.29) is 11.5 Å². The number of hydrogen-bond donors (Lipinski definition) is 3. The van der Waals surface area contributed by atoms with E-state index in [1.807, 2.05) is 0 Å². The first-order chi connectivity index (χ1) is 9.50. The van der Waals surface area contributed by atoms with Crippen molar-refractivity contribution in [3.63, 3.8) is 0 Å². The summed E-state index contributed by atoms with van der Waals surface area (Å²) in [7, 11) is 0. The van der Waals surface area contributed by atoms with Gasteiger partial charge in [-0.25, -0.2) is 4.79 Å². The highest BCUT2D eigenvalue weighted by Gasteiger charge is 2.44. The zero-order valence-electron chi connectivity index (χ0n) is 11.4. The quantitative estimate of drug-likeness (QED) is 0.735. The molecule has 3 rings (SSSR count). The van der Waals surface area contributed by atoms with E-state index in [0.29, 0.717) is 17.3 Å². The van der Waals surface area contributed by atoms with Gasteiger partial charge in [-0.1, -0.05) is 19.8 Å². The Bertz CT molecular complexity index is 584. The lowest BCUT2D eigenvalue weighted by atomic mass is 9.74. The highest BCUT2D eigenvalue weighted by Crippen LogP contribution is 2.41. The van der Waals surface area contributed by atoms with Crippen molar-refractivity contribution in [2.24, 2.45) is 5.92 Å². The van der Waals surface area contributed by atoms with Crippen LogP contribution in [0.5, 0.6) is 0 Å². The average Bonchev–Trinajstić information content (AvgIpc) is 2.39. The van der Waals surface area contributed by atoms with Crippen LogP contribution in [0.2, 0.25) is 0 Å². The van der Waals surface area contributed by atoms with E-state index >= 15 is 0 Å². The third-order valence-corrected chi connectivity index (χ3v) is 4.32. The Morgan fingerprint density at radius 1 is 1.40 bits per heavy atom. The number of amides is 1. The molecule has 1 heterocycles. The zero-order valence-corrected chi connectivity index (χ0v) is 11.4. The molecular formula is C15H18N2O3. The van der Waals surface area contributed by atoms with Crippen molar-refractivity contribution < 1.29 is 14.7 Å². The first-order valence-electron chi connectivity index (χ1n) is 6.97. The number of anilines is 2. The molecule has 1 aliphatic heterocycles. The van der Waals surface area contributed by atoms with Crippen LogP contribution in [-0.4, -0.2) is 22.5 Å². The van der Waals surface area contributed by atoms with Crippen LogP contribution in [0.3, 0.4) is 0 Å². The number of rotatable bonds is 1. The predicted molar refractivity (Wildman–Crippen MR) is 76.0 cm³/mol. The highest BCUT2D eigenvalue weighted by molar-refractivity contribution is 6.07. The normalized spacial score (nSPS) is 28.4. The number of carboxylic acid groups (broad SMARTS) is 1. The molecule has 0 radical (unpaired) electrons. The molecule has 106 valence electrons. The molecule has 1 aliphatic carbocycles. The number of hydrogen-bond acceptors (Lipinski definition) is 3. The second kappa shape index (κ2) is 4.51. The van der Waals surface area contributed by atoms with Crippen LogP contribution in [0.15, 0.2) is 18.2 Å². The van der Waals surface area contributed by atoms with Crippen LogP contribution < -0.4 is 10.6 Å². The van der Waals surface area contributed by atoms with E-state index in [1.54, 1.807) is 12.1 Å². The lowest BCUT2D eigenvalue weighted by Gasteiger charge is -2.43. The van der Waals surface area contributed by atoms with Crippen LogP contribution in [0.25, 0.3) is 0 Å². The van der Waals surface area contributed by atoms with Gasteiger partial charge in [0.1, 0.15) is 5.54 Å². The van der Waals surface area contributed by atoms with Crippen molar-refractivity contribution in [2.45, 2.75) is 38.1 Å². The van der Waals surface area contributed by atoms with Gasteiger partial charge in [-0.3, -0.25) is 4.79 Å². The molecule has 2 aliphatic rings. The minimum absolute atomic E-state index is 0.000347. The van der Waals surface area contributed by atoms with Crippen molar-refractivity contribution in [1.29, 1.82) is 0 Å². The van der Waals surface area contributed by atoms with Crippen molar-refractivity contribution in [1.82, 2.24) is 0 Å². The van der Waals surface area contributed by atoms with Gasteiger partial charge in [0.2, 0.25) is 5.91 Å². The summed E-state index contributed by atoms with van der Waals surface area (Å²) in [5.41, 5.74) is 1.01. The van der Waals surface area contributed by atoms with E-state index in [1.165, 1.54) is 6.07 Å². The Morgan fingerprint density at radius 3 is 2.90 bits per heavy atom. The number of carboxylic acids is 1. The number of benzene rings is 1. The third-order valence-electron chi connectivity index (χ3n) is 4.32. The molecular weight excluding hydrogens is 256 g/mol. The summed E-state index contributed by atoms with van der Waals surface area (Å²) in [6.07, 6.45) is 3.73. The van der Waals surface area contributed by atoms with E-state index in [0.717, 1.165) is 25.7 Å². The monoisotopic (exact) mass is 274 g/mol. The SMILES string of the molecule is CC1CCCC2(C1)Nc1cc(C(=O)O)ccc1NC2=O. The largest absolute Gasteiger partial charge is 0.478 e. The molecule has 2 atom stereocenters. The maximum Gasteiger partial charge on any atom is 0.335 e. The predicted octanol–water partition coefficient (Wildman–Crippen LogP) is 2.70. The summed E-state index contributed by atoms with van der Waals surface area (Å²) >= 11 is 0. The maximum absolute atomic E-state index is 12.4. The van der Waals surface area contributed by atoms with Gasteiger partial charge >= 0.3 is 5.97 Å². The Balaban J connectivity index is 1.97. The van der Waals surface area contributed by atoms with Gasteiger partial charge in [0.25, 0.3) is 0 Å². The summed E-state index contributed by atoms with van der Waals surface area (Å²) in [6.45, 7) is 2.15. The van der Waals surface area contributed by atoms with Crippen molar-refractivity contribution >= 4 is 23.3 Å². The van der Waals surface area contributed by atoms with Crippen LogP contribution >= 0.6 is 0 Å². The van der Waals surface area contributed by atoms with E-state index < -0.39 is 11.5 Å². The minimum atomic E-state index is -0.961. The minimum Gasteiger partial charge on any atom is -0.478 e. The molecule has 5 heteroatoms. The first-order valence-corrected chi connectivity index (χ1v) is 6.97. The smallest absolute Gasteiger partial charge is 0.335 e. The number of fused-ring (bicyclic) bond motifs is 1. The Labute approximate surface area is 117 Å². The number of nitrogens with one attached hydrogen (secondary N) is 2. The average molecular weight is 274 g/mol. The van der Waals surface area contributed by atoms with Gasteiger partial charge in [-0.05, 0) is 37.0 Å². The van der Waals surface area contributed by atoms with Gasteiger partial charge in [0.05, 0.1) is 16.9 Å². The number of aromatic carboxylic acids is 1. The highest BCUT2D eigenvalue weighted by atomic mass is 16.4. The van der Waals surface area contributed by atoms with Crippen LogP contribution in [0.4, 0.5) is 11.4 Å². The summed E-state index contributed by atoms with van der Waals surface area (Å²) in [4.78, 5) is 23.5. The lowest BCUT2D eigenvalue weighted by Crippen LogP contribution is -2.54. The van der Waals surface area contributed by atoms with Gasteiger partial charge in [0.15, 0.2) is 0 Å². The summed E-state index contributed by atoms with van der Waals surface area (Å²) in [5.74, 6) is -0.469. The van der Waals surface area contributed by atoms with E-state index in [4.69, 9.17) is 5.11 Å². The van der Waals surface area contributed by atoms with Gasteiger partial charge in [-0.15, -0.1) is 0 Å². The Morgan fingerprint density at radius 2 is 2.20 bits per heavy atom. The van der Waals surface area contributed by atoms with Crippen molar-refractivity contribution in [3.05, 3.63) is 23.8 Å². The van der Waals surface area contributed by atoms with Crippen LogP contribution in [-0.2, 0) is 4.79 Å². The Kier molecular flexibility index (Phi) is 2.92. The number of carbonyl (C=O) groups excluding carboxylic acids is 1. The molecule has 2 unspecified atom stereocenters. The molecule has 0 aromatic heterocycles. The summed E-state index contributed by atoms with van der Waals surface area (Å²) in [5, 5.41) is 15.3. The molecule has 0 saturated heterocycles. The maximum atomic E-state index is 12.4. The number of carbonyl (C=O) groups is 2. The summed E-state index contributed by atoms with van der Waals surface area (Å²) < 4.78 is 0. The molecule has 3 N–H and O–H groups in total. The van der Waals surface area contributed by atoms with Crippen molar-refractivity contribution in [3.8, 4) is 0 Å². The molecule has 1 fully saturated rings. The van der Waals surface area contributed by atoms with Gasteiger partial charge in [-0.2, -0.15) is 0 Å².